The average molecular weight is 492 g/mol. The average Bonchev–Trinajstić information content (AvgIpc) is 3.26. The number of amides is 1. The molecule has 0 aliphatic carbocycles. The Morgan fingerprint density at radius 1 is 1.29 bits per heavy atom. The summed E-state index contributed by atoms with van der Waals surface area (Å²) in [6.45, 7) is 3.53. The molecule has 0 saturated heterocycles. The minimum Gasteiger partial charge on any atom is -0.382 e. The number of rotatable bonds is 6. The van der Waals surface area contributed by atoms with Gasteiger partial charge in [-0.15, -0.1) is 15.3 Å². The maximum absolute atomic E-state index is 12.9. The summed E-state index contributed by atoms with van der Waals surface area (Å²) in [5.41, 5.74) is 7.27. The Balaban J connectivity index is 1.55. The first-order chi connectivity index (χ1) is 16.8. The highest BCUT2D eigenvalue weighted by molar-refractivity contribution is 6.30. The molecule has 1 amide bonds. The van der Waals surface area contributed by atoms with Gasteiger partial charge in [0.15, 0.2) is 28.8 Å². The monoisotopic (exact) mass is 491 g/mol. The molecule has 12 heteroatoms. The Morgan fingerprint density at radius 3 is 2.89 bits per heavy atom. The number of nitrogens with one attached hydrogen (secondary N) is 2. The van der Waals surface area contributed by atoms with Gasteiger partial charge < -0.3 is 21.5 Å². The molecule has 4 aromatic rings. The van der Waals surface area contributed by atoms with Crippen LogP contribution in [-0.2, 0) is 0 Å². The first-order valence-electron chi connectivity index (χ1n) is 10.7. The van der Waals surface area contributed by atoms with Crippen molar-refractivity contribution >= 4 is 40.5 Å². The van der Waals surface area contributed by atoms with Crippen molar-refractivity contribution in [2.75, 3.05) is 11.1 Å². The van der Waals surface area contributed by atoms with E-state index < -0.39 is 18.1 Å². The molecule has 178 valence electrons. The predicted molar refractivity (Wildman–Crippen MR) is 131 cm³/mol. The first-order valence-corrected chi connectivity index (χ1v) is 11.1. The summed E-state index contributed by atoms with van der Waals surface area (Å²) in [5.74, 6) is 5.65. The summed E-state index contributed by atoms with van der Waals surface area (Å²) < 4.78 is 1.53. The van der Waals surface area contributed by atoms with Crippen molar-refractivity contribution in [3.05, 3.63) is 64.8 Å². The van der Waals surface area contributed by atoms with E-state index in [0.29, 0.717) is 28.7 Å². The summed E-state index contributed by atoms with van der Waals surface area (Å²) in [7, 11) is 0. The zero-order chi connectivity index (χ0) is 24.9. The standard InChI is InChI=1S/C23H22ClN9O2/c1-3-17(34)8-7-16-12-26-21(25)20(29-16)23(35)27-13(2)22-31-30-19-10-9-18(32-33(19)22)28-15-6-4-5-14(24)11-15/h4-6,9-13,17,34H,3H2,1-2H3,(H2,25,26)(H,27,35)(H,28,32)/t13-,17?/m1/s1. The van der Waals surface area contributed by atoms with E-state index in [4.69, 9.17) is 17.3 Å². The molecule has 4 rings (SSSR count). The fourth-order valence-corrected chi connectivity index (χ4v) is 3.26. The quantitative estimate of drug-likeness (QED) is 0.297. The predicted octanol–water partition coefficient (Wildman–Crippen LogP) is 2.51. The largest absolute Gasteiger partial charge is 0.382 e. The van der Waals surface area contributed by atoms with Gasteiger partial charge in [-0.25, -0.2) is 9.97 Å². The van der Waals surface area contributed by atoms with Crippen LogP contribution in [0.1, 0.15) is 48.3 Å². The second kappa shape index (κ2) is 10.3. The van der Waals surface area contributed by atoms with Crippen LogP contribution in [0.3, 0.4) is 0 Å². The van der Waals surface area contributed by atoms with Gasteiger partial charge in [-0.3, -0.25) is 4.79 Å². The van der Waals surface area contributed by atoms with Gasteiger partial charge in [0, 0.05) is 10.7 Å². The minimum atomic E-state index is -0.793. The van der Waals surface area contributed by atoms with Crippen LogP contribution in [0.15, 0.2) is 42.6 Å². The van der Waals surface area contributed by atoms with Crippen LogP contribution in [-0.4, -0.2) is 46.9 Å². The Kier molecular flexibility index (Phi) is 7.05. The molecule has 0 spiro atoms. The van der Waals surface area contributed by atoms with E-state index in [1.165, 1.54) is 10.7 Å². The number of hydrogen-bond acceptors (Lipinski definition) is 9. The van der Waals surface area contributed by atoms with Gasteiger partial charge in [0.05, 0.1) is 12.2 Å². The molecule has 1 aromatic carbocycles. The smallest absolute Gasteiger partial charge is 0.274 e. The molecule has 11 nitrogen and oxygen atoms in total. The lowest BCUT2D eigenvalue weighted by atomic mass is 10.2. The second-order valence-corrected chi connectivity index (χ2v) is 8.00. The van der Waals surface area contributed by atoms with Crippen LogP contribution in [0.4, 0.5) is 17.3 Å². The van der Waals surface area contributed by atoms with E-state index in [1.807, 2.05) is 12.1 Å². The molecule has 3 aromatic heterocycles. The van der Waals surface area contributed by atoms with Crippen molar-refractivity contribution in [2.45, 2.75) is 32.4 Å². The fraction of sp³-hybridized carbons (Fsp3) is 0.217. The maximum atomic E-state index is 12.9. The molecule has 35 heavy (non-hydrogen) atoms. The maximum Gasteiger partial charge on any atom is 0.274 e. The highest BCUT2D eigenvalue weighted by atomic mass is 35.5. The molecule has 2 atom stereocenters. The van der Waals surface area contributed by atoms with Crippen LogP contribution in [0.5, 0.6) is 0 Å². The van der Waals surface area contributed by atoms with E-state index in [-0.39, 0.29) is 17.2 Å². The molecule has 5 N–H and O–H groups in total. The van der Waals surface area contributed by atoms with Crippen LogP contribution in [0, 0.1) is 11.8 Å². The van der Waals surface area contributed by atoms with Gasteiger partial charge in [0.2, 0.25) is 0 Å². The molecular weight excluding hydrogens is 470 g/mol. The number of aliphatic hydroxyl groups excluding tert-OH is 1. The second-order valence-electron chi connectivity index (χ2n) is 7.56. The first kappa shape index (κ1) is 23.9. The zero-order valence-corrected chi connectivity index (χ0v) is 19.7. The minimum absolute atomic E-state index is 0.0477. The summed E-state index contributed by atoms with van der Waals surface area (Å²) in [6.07, 6.45) is 1.02. The number of nitrogen functional groups attached to an aromatic ring is 1. The van der Waals surface area contributed by atoms with Crippen LogP contribution >= 0.6 is 11.6 Å². The van der Waals surface area contributed by atoms with Crippen LogP contribution in [0.2, 0.25) is 5.02 Å². The summed E-state index contributed by atoms with van der Waals surface area (Å²) in [5, 5.41) is 29.0. The molecule has 0 radical (unpaired) electrons. The number of fused-ring (bicyclic) bond motifs is 1. The highest BCUT2D eigenvalue weighted by Crippen LogP contribution is 2.20. The van der Waals surface area contributed by atoms with Gasteiger partial charge >= 0.3 is 0 Å². The number of carbonyl (C=O) groups excluding carboxylic acids is 1. The van der Waals surface area contributed by atoms with Crippen molar-refractivity contribution in [1.29, 1.82) is 0 Å². The number of halogens is 1. The third-order valence-corrected chi connectivity index (χ3v) is 5.12. The molecule has 0 saturated carbocycles. The number of hydrogen-bond donors (Lipinski definition) is 4. The molecule has 0 fully saturated rings. The number of benzene rings is 1. The van der Waals surface area contributed by atoms with E-state index in [9.17, 15) is 9.90 Å². The number of aliphatic hydroxyl groups is 1. The zero-order valence-electron chi connectivity index (χ0n) is 18.9. The number of nitrogens with zero attached hydrogens (tertiary/aromatic N) is 6. The lowest BCUT2D eigenvalue weighted by Gasteiger charge is -2.13. The van der Waals surface area contributed by atoms with E-state index >= 15 is 0 Å². The summed E-state index contributed by atoms with van der Waals surface area (Å²) in [6, 6.07) is 10.2. The van der Waals surface area contributed by atoms with E-state index in [0.717, 1.165) is 5.69 Å². The lowest BCUT2D eigenvalue weighted by Crippen LogP contribution is -2.30. The van der Waals surface area contributed by atoms with Crippen molar-refractivity contribution < 1.29 is 9.90 Å². The van der Waals surface area contributed by atoms with Gasteiger partial charge in [-0.1, -0.05) is 30.5 Å². The van der Waals surface area contributed by atoms with Gasteiger partial charge in [-0.05, 0) is 49.6 Å². The van der Waals surface area contributed by atoms with Crippen molar-refractivity contribution in [3.63, 3.8) is 0 Å². The third-order valence-electron chi connectivity index (χ3n) is 4.89. The third kappa shape index (κ3) is 5.63. The molecule has 0 aliphatic rings. The number of aromatic nitrogens is 6. The molecule has 1 unspecified atom stereocenters. The van der Waals surface area contributed by atoms with E-state index in [1.54, 1.807) is 38.1 Å². The summed E-state index contributed by atoms with van der Waals surface area (Å²) >= 11 is 6.05. The van der Waals surface area contributed by atoms with Crippen LogP contribution in [0.25, 0.3) is 5.65 Å². The van der Waals surface area contributed by atoms with Gasteiger partial charge in [-0.2, -0.15) is 4.52 Å². The van der Waals surface area contributed by atoms with Crippen molar-refractivity contribution in [1.82, 2.24) is 35.1 Å². The number of anilines is 3. The van der Waals surface area contributed by atoms with Gasteiger partial charge in [0.1, 0.15) is 11.8 Å². The molecule has 3 heterocycles. The Labute approximate surface area is 205 Å². The molecule has 0 bridgehead atoms. The van der Waals surface area contributed by atoms with Gasteiger partial charge in [0.25, 0.3) is 5.91 Å². The fourth-order valence-electron chi connectivity index (χ4n) is 3.07. The molecule has 0 aliphatic heterocycles. The Bertz CT molecular complexity index is 1440. The SMILES string of the molecule is CCC(O)C#Cc1cnc(N)c(C(=O)N[C@H](C)c2nnc3ccc(Nc4cccc(Cl)c4)nn23)n1. The van der Waals surface area contributed by atoms with Crippen molar-refractivity contribution in [3.8, 4) is 11.8 Å². The Hall–Kier alpha value is -4.27. The van der Waals surface area contributed by atoms with Crippen molar-refractivity contribution in [2.24, 2.45) is 0 Å². The summed E-state index contributed by atoms with van der Waals surface area (Å²) in [4.78, 5) is 21.1. The number of nitrogens with two attached hydrogens (primary N) is 1. The number of carbonyl (C=O) groups is 1. The van der Waals surface area contributed by atoms with Crippen LogP contribution < -0.4 is 16.4 Å². The topological polar surface area (TPSA) is 156 Å². The highest BCUT2D eigenvalue weighted by Gasteiger charge is 2.21. The van der Waals surface area contributed by atoms with E-state index in [2.05, 4.69) is 47.7 Å². The lowest BCUT2D eigenvalue weighted by molar-refractivity contribution is 0.0933. The normalized spacial score (nSPS) is 12.5. The molecular formula is C23H22ClN9O2. The Morgan fingerprint density at radius 2 is 2.11 bits per heavy atom.